The molecular formula is C18H18N4O3S. The summed E-state index contributed by atoms with van der Waals surface area (Å²) in [4.78, 5) is 39.5. The number of hydrogen-bond donors (Lipinski definition) is 4. The van der Waals surface area contributed by atoms with E-state index >= 15 is 0 Å². The molecule has 2 aromatic heterocycles. The van der Waals surface area contributed by atoms with Crippen LogP contribution in [0.3, 0.4) is 0 Å². The summed E-state index contributed by atoms with van der Waals surface area (Å²) in [7, 11) is 0. The number of benzene rings is 1. The smallest absolute Gasteiger partial charge is 0.279 e. The molecule has 2 heterocycles. The number of aromatic amines is 1. The van der Waals surface area contributed by atoms with Gasteiger partial charge in [0.15, 0.2) is 0 Å². The molecule has 1 atom stereocenters. The maximum atomic E-state index is 12.5. The van der Waals surface area contributed by atoms with E-state index in [1.807, 2.05) is 30.5 Å². The number of H-pyrrole nitrogens is 1. The monoisotopic (exact) mass is 370 g/mol. The average Bonchev–Trinajstić information content (AvgIpc) is 3.29. The van der Waals surface area contributed by atoms with E-state index in [1.165, 1.54) is 18.3 Å². The maximum Gasteiger partial charge on any atom is 0.279 e. The average molecular weight is 370 g/mol. The van der Waals surface area contributed by atoms with Crippen LogP contribution in [-0.2, 0) is 16.0 Å². The number of carbonyl (C=O) groups excluding carboxylic acids is 3. The lowest BCUT2D eigenvalue weighted by Crippen LogP contribution is -2.52. The Hall–Kier alpha value is -3.13. The first-order valence-corrected chi connectivity index (χ1v) is 8.88. The van der Waals surface area contributed by atoms with Crippen molar-refractivity contribution in [2.45, 2.75) is 19.4 Å². The van der Waals surface area contributed by atoms with Gasteiger partial charge in [-0.25, -0.2) is 0 Å². The third kappa shape index (κ3) is 4.09. The van der Waals surface area contributed by atoms with Gasteiger partial charge in [-0.3, -0.25) is 25.2 Å². The first-order valence-electron chi connectivity index (χ1n) is 8.00. The van der Waals surface area contributed by atoms with Gasteiger partial charge >= 0.3 is 0 Å². The first-order chi connectivity index (χ1) is 12.5. The molecule has 0 saturated heterocycles. The summed E-state index contributed by atoms with van der Waals surface area (Å²) < 4.78 is 0. The number of thiophene rings is 1. The molecule has 4 N–H and O–H groups in total. The summed E-state index contributed by atoms with van der Waals surface area (Å²) in [5.74, 6) is -1.22. The van der Waals surface area contributed by atoms with Crippen LogP contribution >= 0.6 is 11.3 Å². The zero-order valence-electron chi connectivity index (χ0n) is 14.0. The number of hydrogen-bond acceptors (Lipinski definition) is 4. The Kier molecular flexibility index (Phi) is 5.33. The molecule has 0 aliphatic rings. The third-order valence-corrected chi connectivity index (χ3v) is 4.71. The zero-order valence-corrected chi connectivity index (χ0v) is 14.9. The van der Waals surface area contributed by atoms with Crippen LogP contribution in [0.1, 0.15) is 22.2 Å². The lowest BCUT2D eigenvalue weighted by Gasteiger charge is -2.17. The van der Waals surface area contributed by atoms with Gasteiger partial charge < -0.3 is 10.3 Å². The lowest BCUT2D eigenvalue weighted by atomic mass is 10.0. The fourth-order valence-electron chi connectivity index (χ4n) is 2.65. The minimum atomic E-state index is -0.810. The van der Waals surface area contributed by atoms with Crippen LogP contribution < -0.4 is 16.2 Å². The predicted octanol–water partition coefficient (Wildman–Crippen LogP) is 1.74. The zero-order chi connectivity index (χ0) is 18.5. The van der Waals surface area contributed by atoms with Gasteiger partial charge in [0.1, 0.15) is 6.04 Å². The Morgan fingerprint density at radius 2 is 1.92 bits per heavy atom. The van der Waals surface area contributed by atoms with Gasteiger partial charge in [0, 0.05) is 30.4 Å². The van der Waals surface area contributed by atoms with Gasteiger partial charge in [0.05, 0.1) is 4.88 Å². The Bertz CT molecular complexity index is 933. The molecule has 0 fully saturated rings. The van der Waals surface area contributed by atoms with Crippen LogP contribution in [0.5, 0.6) is 0 Å². The minimum absolute atomic E-state index is 0.296. The van der Waals surface area contributed by atoms with E-state index in [4.69, 9.17) is 0 Å². The first kappa shape index (κ1) is 17.7. The molecule has 0 aliphatic carbocycles. The molecule has 3 aromatic rings. The number of para-hydroxylation sites is 1. The van der Waals surface area contributed by atoms with E-state index in [2.05, 4.69) is 21.2 Å². The maximum absolute atomic E-state index is 12.5. The van der Waals surface area contributed by atoms with Crippen molar-refractivity contribution in [1.29, 1.82) is 0 Å². The van der Waals surface area contributed by atoms with Gasteiger partial charge in [-0.1, -0.05) is 24.3 Å². The molecule has 0 saturated carbocycles. The van der Waals surface area contributed by atoms with E-state index < -0.39 is 17.9 Å². The Labute approximate surface area is 153 Å². The largest absolute Gasteiger partial charge is 0.361 e. The fraction of sp³-hybridized carbons (Fsp3) is 0.167. The van der Waals surface area contributed by atoms with Crippen molar-refractivity contribution < 1.29 is 14.4 Å². The van der Waals surface area contributed by atoms with Crippen molar-refractivity contribution in [2.75, 3.05) is 0 Å². The molecule has 8 heteroatoms. The molecule has 3 amide bonds. The number of rotatable bonds is 5. The lowest BCUT2D eigenvalue weighted by molar-refractivity contribution is -0.128. The summed E-state index contributed by atoms with van der Waals surface area (Å²) in [6.45, 7) is 1.35. The molecule has 26 heavy (non-hydrogen) atoms. The van der Waals surface area contributed by atoms with Crippen molar-refractivity contribution in [2.24, 2.45) is 0 Å². The summed E-state index contributed by atoms with van der Waals surface area (Å²) in [5, 5.41) is 5.38. The number of fused-ring (bicyclic) bond motifs is 1. The molecule has 7 nitrogen and oxygen atoms in total. The van der Waals surface area contributed by atoms with E-state index in [1.54, 1.807) is 17.5 Å². The van der Waals surface area contributed by atoms with Crippen LogP contribution in [0.15, 0.2) is 48.0 Å². The van der Waals surface area contributed by atoms with Crippen LogP contribution in [-0.4, -0.2) is 28.7 Å². The van der Waals surface area contributed by atoms with Crippen molar-refractivity contribution in [3.63, 3.8) is 0 Å². The summed E-state index contributed by atoms with van der Waals surface area (Å²) in [6, 6.07) is 10.3. The Balaban J connectivity index is 1.69. The molecule has 1 aromatic carbocycles. The highest BCUT2D eigenvalue weighted by atomic mass is 32.1. The second-order valence-electron chi connectivity index (χ2n) is 5.74. The van der Waals surface area contributed by atoms with Crippen molar-refractivity contribution >= 4 is 40.0 Å². The summed E-state index contributed by atoms with van der Waals surface area (Å²) in [5.41, 5.74) is 6.60. The van der Waals surface area contributed by atoms with E-state index in [-0.39, 0.29) is 5.91 Å². The molecule has 0 unspecified atom stereocenters. The van der Waals surface area contributed by atoms with Gasteiger partial charge in [-0.05, 0) is 23.1 Å². The summed E-state index contributed by atoms with van der Waals surface area (Å²) >= 11 is 1.27. The number of hydrazine groups is 1. The number of aromatic nitrogens is 1. The molecule has 0 aliphatic heterocycles. The van der Waals surface area contributed by atoms with Gasteiger partial charge in [-0.2, -0.15) is 0 Å². The topological polar surface area (TPSA) is 103 Å². The van der Waals surface area contributed by atoms with E-state index in [0.29, 0.717) is 11.3 Å². The second kappa shape index (κ2) is 7.83. The fourth-order valence-corrected chi connectivity index (χ4v) is 3.27. The second-order valence-corrected chi connectivity index (χ2v) is 6.69. The van der Waals surface area contributed by atoms with Crippen LogP contribution in [0.4, 0.5) is 0 Å². The van der Waals surface area contributed by atoms with E-state index in [0.717, 1.165) is 16.5 Å². The van der Waals surface area contributed by atoms with Crippen molar-refractivity contribution in [3.05, 3.63) is 58.4 Å². The third-order valence-electron chi connectivity index (χ3n) is 3.84. The predicted molar refractivity (Wildman–Crippen MR) is 99.5 cm³/mol. The molecule has 0 radical (unpaired) electrons. The van der Waals surface area contributed by atoms with Gasteiger partial charge in [-0.15, -0.1) is 11.3 Å². The van der Waals surface area contributed by atoms with Crippen LogP contribution in [0.2, 0.25) is 0 Å². The Morgan fingerprint density at radius 3 is 2.65 bits per heavy atom. The van der Waals surface area contributed by atoms with Crippen molar-refractivity contribution in [1.82, 2.24) is 21.2 Å². The standard InChI is InChI=1S/C18H18N4O3S/c1-11(23)20-15(9-12-10-19-14-6-3-2-5-13(12)14)17(24)21-22-18(25)16-7-4-8-26-16/h2-8,10,15,19H,9H2,1H3,(H,20,23)(H,21,24)(H,22,25)/t15-/m1/s1. The van der Waals surface area contributed by atoms with Crippen LogP contribution in [0.25, 0.3) is 10.9 Å². The molecule has 0 spiro atoms. The quantitative estimate of drug-likeness (QED) is 0.514. The van der Waals surface area contributed by atoms with Crippen molar-refractivity contribution in [3.8, 4) is 0 Å². The summed E-state index contributed by atoms with van der Waals surface area (Å²) in [6.07, 6.45) is 2.11. The highest BCUT2D eigenvalue weighted by Crippen LogP contribution is 2.19. The van der Waals surface area contributed by atoms with Crippen LogP contribution in [0, 0.1) is 0 Å². The van der Waals surface area contributed by atoms with Gasteiger partial charge in [0.25, 0.3) is 11.8 Å². The molecular weight excluding hydrogens is 352 g/mol. The highest BCUT2D eigenvalue weighted by molar-refractivity contribution is 7.12. The van der Waals surface area contributed by atoms with E-state index in [9.17, 15) is 14.4 Å². The number of amides is 3. The number of nitrogens with one attached hydrogen (secondary N) is 4. The normalized spacial score (nSPS) is 11.7. The van der Waals surface area contributed by atoms with Gasteiger partial charge in [0.2, 0.25) is 5.91 Å². The highest BCUT2D eigenvalue weighted by Gasteiger charge is 2.22. The molecule has 0 bridgehead atoms. The minimum Gasteiger partial charge on any atom is -0.361 e. The molecule has 134 valence electrons. The SMILES string of the molecule is CC(=O)N[C@H](Cc1c[nH]c2ccccc12)C(=O)NNC(=O)c1cccs1. The molecule has 3 rings (SSSR count). The number of carbonyl (C=O) groups is 3. The Morgan fingerprint density at radius 1 is 1.12 bits per heavy atom.